The highest BCUT2D eigenvalue weighted by molar-refractivity contribution is 7.99. The number of benzene rings is 1. The first kappa shape index (κ1) is 15.2. The summed E-state index contributed by atoms with van der Waals surface area (Å²) in [7, 11) is 0. The van der Waals surface area contributed by atoms with Gasteiger partial charge in [-0.15, -0.1) is 11.8 Å². The molecule has 0 aliphatic carbocycles. The molecule has 110 valence electrons. The number of rotatable bonds is 5. The number of anilines is 2. The highest BCUT2D eigenvalue weighted by atomic mass is 32.2. The number of nitrogen functional groups attached to an aromatic ring is 1. The van der Waals surface area contributed by atoms with E-state index in [0.717, 1.165) is 35.6 Å². The Morgan fingerprint density at radius 1 is 1.45 bits per heavy atom. The normalized spacial score (nSPS) is 16.1. The van der Waals surface area contributed by atoms with Gasteiger partial charge in [0.15, 0.2) is 0 Å². The number of carbonyl (C=O) groups excluding carboxylic acids is 1. The molecule has 0 atom stereocenters. The van der Waals surface area contributed by atoms with Crippen LogP contribution in [0.15, 0.2) is 23.1 Å². The topological polar surface area (TPSA) is 64.3 Å². The first-order valence-electron chi connectivity index (χ1n) is 7.11. The zero-order chi connectivity index (χ0) is 14.4. The third-order valence-electron chi connectivity index (χ3n) is 3.35. The molecule has 1 amide bonds. The molecule has 0 radical (unpaired) electrons. The summed E-state index contributed by atoms with van der Waals surface area (Å²) in [6.45, 7) is 3.48. The maximum atomic E-state index is 12.2. The third-order valence-corrected chi connectivity index (χ3v) is 4.55. The molecule has 5 heteroatoms. The van der Waals surface area contributed by atoms with Crippen molar-refractivity contribution in [3.8, 4) is 0 Å². The molecular formula is C15H22N2O2S. The van der Waals surface area contributed by atoms with Gasteiger partial charge in [-0.1, -0.05) is 6.92 Å². The molecule has 0 saturated carbocycles. The lowest BCUT2D eigenvalue weighted by atomic mass is 9.99. The van der Waals surface area contributed by atoms with Gasteiger partial charge in [-0.25, -0.2) is 0 Å². The number of thioether (sulfide) groups is 1. The van der Waals surface area contributed by atoms with E-state index in [2.05, 4.69) is 12.2 Å². The average molecular weight is 294 g/mol. The van der Waals surface area contributed by atoms with Gasteiger partial charge in [0.2, 0.25) is 5.91 Å². The van der Waals surface area contributed by atoms with E-state index in [4.69, 9.17) is 10.5 Å². The van der Waals surface area contributed by atoms with Gasteiger partial charge < -0.3 is 15.8 Å². The van der Waals surface area contributed by atoms with Crippen molar-refractivity contribution in [2.75, 3.05) is 30.0 Å². The molecule has 0 aromatic heterocycles. The second-order valence-electron chi connectivity index (χ2n) is 4.97. The van der Waals surface area contributed by atoms with Gasteiger partial charge in [0.25, 0.3) is 0 Å². The number of hydrogen-bond acceptors (Lipinski definition) is 4. The summed E-state index contributed by atoms with van der Waals surface area (Å²) in [6.07, 6.45) is 2.70. The number of amides is 1. The summed E-state index contributed by atoms with van der Waals surface area (Å²) in [4.78, 5) is 13.4. The number of hydrogen-bond donors (Lipinski definition) is 2. The van der Waals surface area contributed by atoms with Crippen LogP contribution in [0.2, 0.25) is 0 Å². The number of nitrogens with two attached hydrogens (primary N) is 1. The Balaban J connectivity index is 2.01. The summed E-state index contributed by atoms with van der Waals surface area (Å²) < 4.78 is 5.28. The van der Waals surface area contributed by atoms with E-state index in [0.29, 0.717) is 18.9 Å². The zero-order valence-electron chi connectivity index (χ0n) is 11.9. The lowest BCUT2D eigenvalue weighted by molar-refractivity contribution is -0.122. The molecule has 1 aliphatic rings. The minimum absolute atomic E-state index is 0.0371. The number of ether oxygens (including phenoxy) is 1. The minimum atomic E-state index is 0.0371. The largest absolute Gasteiger partial charge is 0.397 e. The van der Waals surface area contributed by atoms with Crippen LogP contribution in [-0.2, 0) is 9.53 Å². The molecule has 4 nitrogen and oxygen atoms in total. The lowest BCUT2D eigenvalue weighted by Crippen LogP contribution is -2.28. The fraction of sp³-hybridized carbons (Fsp3) is 0.533. The molecule has 20 heavy (non-hydrogen) atoms. The van der Waals surface area contributed by atoms with E-state index >= 15 is 0 Å². The zero-order valence-corrected chi connectivity index (χ0v) is 12.7. The van der Waals surface area contributed by atoms with Crippen molar-refractivity contribution >= 4 is 29.0 Å². The van der Waals surface area contributed by atoms with Crippen molar-refractivity contribution < 1.29 is 9.53 Å². The first-order chi connectivity index (χ1) is 9.70. The fourth-order valence-electron chi connectivity index (χ4n) is 2.15. The predicted molar refractivity (Wildman–Crippen MR) is 84.0 cm³/mol. The van der Waals surface area contributed by atoms with Crippen molar-refractivity contribution in [2.24, 2.45) is 5.92 Å². The smallest absolute Gasteiger partial charge is 0.227 e. The highest BCUT2D eigenvalue weighted by Gasteiger charge is 2.22. The quantitative estimate of drug-likeness (QED) is 0.647. The summed E-state index contributed by atoms with van der Waals surface area (Å²) >= 11 is 1.78. The van der Waals surface area contributed by atoms with Crippen LogP contribution in [0.4, 0.5) is 11.4 Å². The molecule has 1 aromatic rings. The number of nitrogens with one attached hydrogen (secondary N) is 1. The van der Waals surface area contributed by atoms with Crippen molar-refractivity contribution in [1.29, 1.82) is 0 Å². The standard InChI is InChI=1S/C15H22N2O2S/c1-2-9-20-12-3-4-13(16)14(10-12)17-15(18)11-5-7-19-8-6-11/h3-4,10-11H,2,5-9,16H2,1H3,(H,17,18). The van der Waals surface area contributed by atoms with E-state index in [1.54, 1.807) is 11.8 Å². The van der Waals surface area contributed by atoms with Crippen LogP contribution < -0.4 is 11.1 Å². The molecule has 2 rings (SSSR count). The Kier molecular flexibility index (Phi) is 5.73. The molecule has 1 fully saturated rings. The van der Waals surface area contributed by atoms with E-state index in [-0.39, 0.29) is 11.8 Å². The van der Waals surface area contributed by atoms with Crippen LogP contribution in [0.5, 0.6) is 0 Å². The second kappa shape index (κ2) is 7.55. The predicted octanol–water partition coefficient (Wildman–Crippen LogP) is 3.14. The fourth-order valence-corrected chi connectivity index (χ4v) is 2.95. The maximum Gasteiger partial charge on any atom is 0.227 e. The minimum Gasteiger partial charge on any atom is -0.397 e. The summed E-state index contributed by atoms with van der Waals surface area (Å²) in [6, 6.07) is 5.82. The van der Waals surface area contributed by atoms with E-state index < -0.39 is 0 Å². The van der Waals surface area contributed by atoms with E-state index in [9.17, 15) is 4.79 Å². The highest BCUT2D eigenvalue weighted by Crippen LogP contribution is 2.28. The molecule has 1 aliphatic heterocycles. The van der Waals surface area contributed by atoms with Crippen molar-refractivity contribution in [2.45, 2.75) is 31.1 Å². The lowest BCUT2D eigenvalue weighted by Gasteiger charge is -2.21. The van der Waals surface area contributed by atoms with Crippen LogP contribution in [0.1, 0.15) is 26.2 Å². The van der Waals surface area contributed by atoms with Gasteiger partial charge in [-0.05, 0) is 43.2 Å². The van der Waals surface area contributed by atoms with Crippen LogP contribution in [-0.4, -0.2) is 24.9 Å². The molecule has 1 aromatic carbocycles. The van der Waals surface area contributed by atoms with Crippen molar-refractivity contribution in [1.82, 2.24) is 0 Å². The molecule has 0 unspecified atom stereocenters. The van der Waals surface area contributed by atoms with Gasteiger partial charge in [-0.2, -0.15) is 0 Å². The SMILES string of the molecule is CCCSc1ccc(N)c(NC(=O)C2CCOCC2)c1. The second-order valence-corrected chi connectivity index (χ2v) is 6.14. The van der Waals surface area contributed by atoms with E-state index in [1.807, 2.05) is 18.2 Å². The Labute approximate surface area is 124 Å². The molecule has 0 bridgehead atoms. The summed E-state index contributed by atoms with van der Waals surface area (Å²) in [5, 5.41) is 2.96. The van der Waals surface area contributed by atoms with Crippen LogP contribution >= 0.6 is 11.8 Å². The molecule has 0 spiro atoms. The van der Waals surface area contributed by atoms with Gasteiger partial charge in [0.05, 0.1) is 11.4 Å². The average Bonchev–Trinajstić information content (AvgIpc) is 2.49. The maximum absolute atomic E-state index is 12.2. The Morgan fingerprint density at radius 3 is 2.90 bits per heavy atom. The molecule has 3 N–H and O–H groups in total. The third kappa shape index (κ3) is 4.15. The van der Waals surface area contributed by atoms with Crippen molar-refractivity contribution in [3.05, 3.63) is 18.2 Å². The molecule has 1 saturated heterocycles. The van der Waals surface area contributed by atoms with Crippen molar-refractivity contribution in [3.63, 3.8) is 0 Å². The number of carbonyl (C=O) groups is 1. The molecular weight excluding hydrogens is 272 g/mol. The van der Waals surface area contributed by atoms with Crippen LogP contribution in [0.3, 0.4) is 0 Å². The first-order valence-corrected chi connectivity index (χ1v) is 8.10. The van der Waals surface area contributed by atoms with Gasteiger partial charge in [-0.3, -0.25) is 4.79 Å². The van der Waals surface area contributed by atoms with Crippen LogP contribution in [0, 0.1) is 5.92 Å². The van der Waals surface area contributed by atoms with Gasteiger partial charge in [0.1, 0.15) is 0 Å². The summed E-state index contributed by atoms with van der Waals surface area (Å²) in [5.74, 6) is 1.16. The Morgan fingerprint density at radius 2 is 2.20 bits per heavy atom. The van der Waals surface area contributed by atoms with Gasteiger partial charge in [0, 0.05) is 24.0 Å². The molecule has 1 heterocycles. The van der Waals surface area contributed by atoms with Gasteiger partial charge >= 0.3 is 0 Å². The Hall–Kier alpha value is -1.20. The van der Waals surface area contributed by atoms with Crippen LogP contribution in [0.25, 0.3) is 0 Å². The summed E-state index contributed by atoms with van der Waals surface area (Å²) in [5.41, 5.74) is 7.29. The monoisotopic (exact) mass is 294 g/mol. The van der Waals surface area contributed by atoms with E-state index in [1.165, 1.54) is 0 Å². The Bertz CT molecular complexity index is 459.